The molecular formula is C13H12ClFN2. The van der Waals surface area contributed by atoms with Crippen molar-refractivity contribution in [3.8, 4) is 0 Å². The van der Waals surface area contributed by atoms with Crippen LogP contribution in [0.25, 0.3) is 0 Å². The zero-order valence-corrected chi connectivity index (χ0v) is 10.1. The molecule has 4 heteroatoms. The predicted octanol–water partition coefficient (Wildman–Crippen LogP) is 4.11. The summed E-state index contributed by atoms with van der Waals surface area (Å²) < 4.78 is 12.9. The highest BCUT2D eigenvalue weighted by Gasteiger charge is 2.04. The van der Waals surface area contributed by atoms with E-state index in [2.05, 4.69) is 5.32 Å². The molecule has 2 nitrogen and oxygen atoms in total. The molecule has 2 rings (SSSR count). The molecule has 2 aromatic carbocycles. The number of anilines is 3. The summed E-state index contributed by atoms with van der Waals surface area (Å²) in [5.74, 6) is -0.363. The molecule has 0 aliphatic carbocycles. The van der Waals surface area contributed by atoms with Gasteiger partial charge in [-0.05, 0) is 42.8 Å². The van der Waals surface area contributed by atoms with E-state index in [0.29, 0.717) is 16.4 Å². The Bertz CT molecular complexity index is 555. The first kappa shape index (κ1) is 11.7. The Labute approximate surface area is 104 Å². The van der Waals surface area contributed by atoms with Gasteiger partial charge in [0.1, 0.15) is 5.82 Å². The second-order valence-corrected chi connectivity index (χ2v) is 4.25. The molecule has 0 aliphatic heterocycles. The molecule has 0 saturated carbocycles. The molecule has 0 aliphatic rings. The maximum absolute atomic E-state index is 12.9. The van der Waals surface area contributed by atoms with Crippen molar-refractivity contribution in [1.29, 1.82) is 0 Å². The van der Waals surface area contributed by atoms with Crippen molar-refractivity contribution in [1.82, 2.24) is 0 Å². The van der Waals surface area contributed by atoms with Gasteiger partial charge in [0, 0.05) is 0 Å². The number of hydrogen-bond acceptors (Lipinski definition) is 2. The highest BCUT2D eigenvalue weighted by molar-refractivity contribution is 6.33. The van der Waals surface area contributed by atoms with Crippen molar-refractivity contribution in [2.45, 2.75) is 6.92 Å². The maximum atomic E-state index is 12.9. The van der Waals surface area contributed by atoms with E-state index < -0.39 is 0 Å². The Hall–Kier alpha value is -1.74. The van der Waals surface area contributed by atoms with Gasteiger partial charge in [0.2, 0.25) is 0 Å². The van der Waals surface area contributed by atoms with Gasteiger partial charge in [-0.15, -0.1) is 0 Å². The van der Waals surface area contributed by atoms with Crippen molar-refractivity contribution in [2.75, 3.05) is 11.1 Å². The molecule has 88 valence electrons. The summed E-state index contributed by atoms with van der Waals surface area (Å²) in [7, 11) is 0. The minimum absolute atomic E-state index is 0.325. The third-order valence-electron chi connectivity index (χ3n) is 2.41. The first-order valence-corrected chi connectivity index (χ1v) is 5.52. The normalized spacial score (nSPS) is 10.3. The van der Waals surface area contributed by atoms with Crippen molar-refractivity contribution in [2.24, 2.45) is 0 Å². The van der Waals surface area contributed by atoms with Gasteiger partial charge < -0.3 is 11.1 Å². The summed E-state index contributed by atoms with van der Waals surface area (Å²) in [5.41, 5.74) is 8.93. The van der Waals surface area contributed by atoms with Crippen LogP contribution >= 0.6 is 11.6 Å². The van der Waals surface area contributed by atoms with E-state index in [1.807, 2.05) is 25.1 Å². The van der Waals surface area contributed by atoms with Crippen molar-refractivity contribution >= 4 is 28.7 Å². The van der Waals surface area contributed by atoms with Crippen LogP contribution < -0.4 is 11.1 Å². The summed E-state index contributed by atoms with van der Waals surface area (Å²) in [6.07, 6.45) is 0. The Morgan fingerprint density at radius 3 is 2.59 bits per heavy atom. The second-order valence-electron chi connectivity index (χ2n) is 3.84. The Morgan fingerprint density at radius 1 is 1.12 bits per heavy atom. The van der Waals surface area contributed by atoms with Crippen LogP contribution in [0.4, 0.5) is 21.5 Å². The van der Waals surface area contributed by atoms with E-state index in [-0.39, 0.29) is 5.82 Å². The average molecular weight is 251 g/mol. The topological polar surface area (TPSA) is 38.0 Å². The van der Waals surface area contributed by atoms with Crippen LogP contribution in [0.5, 0.6) is 0 Å². The standard InChI is InChI=1S/C13H12ClFN2/c1-8-2-4-11(16)13(6-8)17-12-5-3-9(15)7-10(12)14/h2-7,17H,16H2,1H3. The lowest BCUT2D eigenvalue weighted by Gasteiger charge is -2.11. The van der Waals surface area contributed by atoms with E-state index in [9.17, 15) is 4.39 Å². The van der Waals surface area contributed by atoms with Crippen molar-refractivity contribution in [3.05, 3.63) is 52.8 Å². The summed E-state index contributed by atoms with van der Waals surface area (Å²) in [6.45, 7) is 1.97. The fraction of sp³-hybridized carbons (Fsp3) is 0.0769. The molecule has 17 heavy (non-hydrogen) atoms. The highest BCUT2D eigenvalue weighted by Crippen LogP contribution is 2.29. The number of nitrogens with two attached hydrogens (primary N) is 1. The van der Waals surface area contributed by atoms with Gasteiger partial charge >= 0.3 is 0 Å². The SMILES string of the molecule is Cc1ccc(N)c(Nc2ccc(F)cc2Cl)c1. The molecule has 0 aromatic heterocycles. The number of rotatable bonds is 2. The van der Waals surface area contributed by atoms with Crippen LogP contribution in [0.3, 0.4) is 0 Å². The first-order chi connectivity index (χ1) is 8.06. The van der Waals surface area contributed by atoms with Crippen molar-refractivity contribution < 1.29 is 4.39 Å². The van der Waals surface area contributed by atoms with Gasteiger partial charge in [-0.3, -0.25) is 0 Å². The molecule has 0 fully saturated rings. The van der Waals surface area contributed by atoms with Gasteiger partial charge in [0.25, 0.3) is 0 Å². The van der Waals surface area contributed by atoms with E-state index in [1.54, 1.807) is 6.07 Å². The molecule has 0 heterocycles. The van der Waals surface area contributed by atoms with E-state index >= 15 is 0 Å². The lowest BCUT2D eigenvalue weighted by Crippen LogP contribution is -1.97. The third-order valence-corrected chi connectivity index (χ3v) is 2.72. The molecular weight excluding hydrogens is 239 g/mol. The first-order valence-electron chi connectivity index (χ1n) is 5.14. The fourth-order valence-corrected chi connectivity index (χ4v) is 1.73. The minimum atomic E-state index is -0.363. The average Bonchev–Trinajstić information content (AvgIpc) is 2.27. The molecule has 0 radical (unpaired) electrons. The molecule has 0 unspecified atom stereocenters. The molecule has 2 aromatic rings. The second kappa shape index (κ2) is 4.63. The van der Waals surface area contributed by atoms with Crippen molar-refractivity contribution in [3.63, 3.8) is 0 Å². The highest BCUT2D eigenvalue weighted by atomic mass is 35.5. The van der Waals surface area contributed by atoms with Crippen LogP contribution in [0, 0.1) is 12.7 Å². The van der Waals surface area contributed by atoms with Crippen LogP contribution in [-0.4, -0.2) is 0 Å². The number of halogens is 2. The summed E-state index contributed by atoms with van der Waals surface area (Å²) in [4.78, 5) is 0. The number of hydrogen-bond donors (Lipinski definition) is 2. The van der Waals surface area contributed by atoms with Gasteiger partial charge in [0.15, 0.2) is 0 Å². The zero-order chi connectivity index (χ0) is 12.4. The number of aryl methyl sites for hydroxylation is 1. The zero-order valence-electron chi connectivity index (χ0n) is 9.30. The molecule has 3 N–H and O–H groups in total. The predicted molar refractivity (Wildman–Crippen MR) is 70.3 cm³/mol. The fourth-order valence-electron chi connectivity index (χ4n) is 1.51. The number of benzene rings is 2. The summed E-state index contributed by atoms with van der Waals surface area (Å²) >= 11 is 5.93. The molecule has 0 saturated heterocycles. The summed E-state index contributed by atoms with van der Waals surface area (Å²) in [6, 6.07) is 9.84. The van der Waals surface area contributed by atoms with Gasteiger partial charge in [0.05, 0.1) is 22.1 Å². The van der Waals surface area contributed by atoms with E-state index in [4.69, 9.17) is 17.3 Å². The van der Waals surface area contributed by atoms with Gasteiger partial charge in [-0.2, -0.15) is 0 Å². The summed E-state index contributed by atoms with van der Waals surface area (Å²) in [5, 5.41) is 3.41. The van der Waals surface area contributed by atoms with Crippen LogP contribution in [-0.2, 0) is 0 Å². The minimum Gasteiger partial charge on any atom is -0.397 e. The monoisotopic (exact) mass is 250 g/mol. The van der Waals surface area contributed by atoms with Crippen LogP contribution in [0.2, 0.25) is 5.02 Å². The van der Waals surface area contributed by atoms with Crippen LogP contribution in [0.1, 0.15) is 5.56 Å². The smallest absolute Gasteiger partial charge is 0.124 e. The number of nitrogens with one attached hydrogen (secondary N) is 1. The Balaban J connectivity index is 2.34. The van der Waals surface area contributed by atoms with E-state index in [1.165, 1.54) is 12.1 Å². The molecule has 0 bridgehead atoms. The third kappa shape index (κ3) is 2.68. The van der Waals surface area contributed by atoms with Gasteiger partial charge in [-0.25, -0.2) is 4.39 Å². The number of nitrogen functional groups attached to an aromatic ring is 1. The Morgan fingerprint density at radius 2 is 1.88 bits per heavy atom. The van der Waals surface area contributed by atoms with Crippen LogP contribution in [0.15, 0.2) is 36.4 Å². The van der Waals surface area contributed by atoms with Gasteiger partial charge in [-0.1, -0.05) is 17.7 Å². The maximum Gasteiger partial charge on any atom is 0.124 e. The molecule has 0 atom stereocenters. The molecule has 0 amide bonds. The quantitative estimate of drug-likeness (QED) is 0.787. The molecule has 0 spiro atoms. The lowest BCUT2D eigenvalue weighted by atomic mass is 10.2. The Kier molecular flexibility index (Phi) is 3.20. The largest absolute Gasteiger partial charge is 0.397 e. The lowest BCUT2D eigenvalue weighted by molar-refractivity contribution is 0.628. The van der Waals surface area contributed by atoms with E-state index in [0.717, 1.165) is 11.3 Å².